The number of aromatic amines is 1. The lowest BCUT2D eigenvalue weighted by atomic mass is 10.3. The lowest BCUT2D eigenvalue weighted by Crippen LogP contribution is -2.21. The Kier molecular flexibility index (Phi) is 3.51. The molecule has 88 valence electrons. The topological polar surface area (TPSA) is 92.8 Å². The number of nitrogens with zero attached hydrogens (tertiary/aromatic N) is 3. The summed E-state index contributed by atoms with van der Waals surface area (Å²) in [5, 5.41) is 15.5. The number of carbonyl (C=O) groups excluding carboxylic acids is 1. The van der Waals surface area contributed by atoms with Crippen LogP contribution in [0.1, 0.15) is 0 Å². The van der Waals surface area contributed by atoms with E-state index in [-0.39, 0.29) is 12.6 Å². The second-order valence-corrected chi connectivity index (χ2v) is 3.41. The van der Waals surface area contributed by atoms with Crippen molar-refractivity contribution in [2.24, 2.45) is 0 Å². The molecule has 0 spiro atoms. The maximum atomic E-state index is 11.4. The van der Waals surface area contributed by atoms with Gasteiger partial charge in [0.15, 0.2) is 6.61 Å². The van der Waals surface area contributed by atoms with Crippen LogP contribution < -0.4 is 10.1 Å². The number of aromatic nitrogens is 4. The van der Waals surface area contributed by atoms with Crippen LogP contribution in [0, 0.1) is 0 Å². The van der Waals surface area contributed by atoms with Crippen LogP contribution in [0.5, 0.6) is 5.75 Å². The molecule has 17 heavy (non-hydrogen) atoms. The molecule has 0 aliphatic carbocycles. The van der Waals surface area contributed by atoms with Gasteiger partial charge in [0.1, 0.15) is 5.75 Å². The van der Waals surface area contributed by atoms with Crippen molar-refractivity contribution in [3.63, 3.8) is 0 Å². The van der Waals surface area contributed by atoms with Crippen molar-refractivity contribution in [3.8, 4) is 5.75 Å². The van der Waals surface area contributed by atoms with Crippen molar-refractivity contribution in [3.05, 3.63) is 29.3 Å². The maximum Gasteiger partial charge on any atom is 0.269 e. The van der Waals surface area contributed by atoms with Gasteiger partial charge in [-0.15, -0.1) is 5.10 Å². The zero-order valence-corrected chi connectivity index (χ0v) is 9.31. The highest BCUT2D eigenvalue weighted by Gasteiger charge is 2.07. The predicted molar refractivity (Wildman–Crippen MR) is 59.8 cm³/mol. The first kappa shape index (κ1) is 11.3. The Balaban J connectivity index is 1.86. The standard InChI is InChI=1S/C9H8ClN5O2/c10-6-3-1-2-4-7(6)17-5-8(16)11-9-12-14-15-13-9/h1-4H,5H2,(H2,11,12,13,14,15,16). The quantitative estimate of drug-likeness (QED) is 0.843. The van der Waals surface area contributed by atoms with Crippen LogP contribution >= 0.6 is 11.6 Å². The molecule has 1 aromatic carbocycles. The molecule has 7 nitrogen and oxygen atoms in total. The molecule has 2 N–H and O–H groups in total. The molecular weight excluding hydrogens is 246 g/mol. The fourth-order valence-electron chi connectivity index (χ4n) is 1.08. The number of hydrogen-bond donors (Lipinski definition) is 2. The Hall–Kier alpha value is -2.15. The molecule has 2 aromatic rings. The number of H-pyrrole nitrogens is 1. The van der Waals surface area contributed by atoms with Crippen LogP contribution in [0.2, 0.25) is 5.02 Å². The van der Waals surface area contributed by atoms with Gasteiger partial charge in [0.05, 0.1) is 5.02 Å². The lowest BCUT2D eigenvalue weighted by molar-refractivity contribution is -0.118. The third-order valence-electron chi connectivity index (χ3n) is 1.79. The molecule has 2 rings (SSSR count). The summed E-state index contributed by atoms with van der Waals surface area (Å²) < 4.78 is 5.22. The molecule has 1 aromatic heterocycles. The second-order valence-electron chi connectivity index (χ2n) is 3.00. The molecule has 0 radical (unpaired) electrons. The van der Waals surface area contributed by atoms with E-state index in [1.165, 1.54) is 0 Å². The molecule has 8 heteroatoms. The SMILES string of the molecule is O=C(COc1ccccc1Cl)Nc1nn[nH]n1. The molecule has 0 saturated carbocycles. The highest BCUT2D eigenvalue weighted by Crippen LogP contribution is 2.22. The number of benzene rings is 1. The van der Waals surface area contributed by atoms with Crippen LogP contribution in [0.15, 0.2) is 24.3 Å². The highest BCUT2D eigenvalue weighted by atomic mass is 35.5. The smallest absolute Gasteiger partial charge is 0.269 e. The average Bonchev–Trinajstić information content (AvgIpc) is 2.81. The summed E-state index contributed by atoms with van der Waals surface area (Å²) in [5.41, 5.74) is 0. The second kappa shape index (κ2) is 5.26. The zero-order valence-electron chi connectivity index (χ0n) is 8.55. The van der Waals surface area contributed by atoms with Gasteiger partial charge in [-0.05, 0) is 17.3 Å². The summed E-state index contributed by atoms with van der Waals surface area (Å²) in [5.74, 6) is 0.140. The number of carbonyl (C=O) groups is 1. The number of hydrogen-bond acceptors (Lipinski definition) is 5. The van der Waals surface area contributed by atoms with E-state index in [0.717, 1.165) is 0 Å². The molecule has 1 amide bonds. The molecule has 1 heterocycles. The van der Waals surface area contributed by atoms with Crippen LogP contribution in [-0.2, 0) is 4.79 Å². The minimum atomic E-state index is -0.397. The Morgan fingerprint density at radius 3 is 3.00 bits per heavy atom. The van der Waals surface area contributed by atoms with E-state index in [2.05, 4.69) is 25.9 Å². The fraction of sp³-hybridized carbons (Fsp3) is 0.111. The van der Waals surface area contributed by atoms with Gasteiger partial charge in [-0.3, -0.25) is 10.1 Å². The first-order valence-electron chi connectivity index (χ1n) is 4.66. The number of para-hydroxylation sites is 1. The van der Waals surface area contributed by atoms with Gasteiger partial charge >= 0.3 is 0 Å². The van der Waals surface area contributed by atoms with E-state index in [9.17, 15) is 4.79 Å². The molecule has 0 saturated heterocycles. The minimum absolute atomic E-state index is 0.0951. The van der Waals surface area contributed by atoms with Crippen molar-refractivity contribution in [1.82, 2.24) is 20.6 Å². The van der Waals surface area contributed by atoms with E-state index in [1.54, 1.807) is 24.3 Å². The van der Waals surface area contributed by atoms with E-state index >= 15 is 0 Å². The molecule has 0 fully saturated rings. The van der Waals surface area contributed by atoms with Crippen LogP contribution in [0.25, 0.3) is 0 Å². The van der Waals surface area contributed by atoms with Gasteiger partial charge in [0, 0.05) is 0 Å². The number of tetrazole rings is 1. The number of amides is 1. The normalized spacial score (nSPS) is 9.94. The van der Waals surface area contributed by atoms with Crippen molar-refractivity contribution < 1.29 is 9.53 Å². The first-order valence-corrected chi connectivity index (χ1v) is 5.04. The van der Waals surface area contributed by atoms with Crippen LogP contribution in [0.3, 0.4) is 0 Å². The number of nitrogens with one attached hydrogen (secondary N) is 2. The van der Waals surface area contributed by atoms with E-state index in [0.29, 0.717) is 10.8 Å². The lowest BCUT2D eigenvalue weighted by Gasteiger charge is -2.06. The minimum Gasteiger partial charge on any atom is -0.482 e. The van der Waals surface area contributed by atoms with Crippen molar-refractivity contribution >= 4 is 23.5 Å². The Bertz CT molecular complexity index is 502. The third-order valence-corrected chi connectivity index (χ3v) is 2.10. The number of ether oxygens (including phenoxy) is 1. The number of anilines is 1. The van der Waals surface area contributed by atoms with Gasteiger partial charge in [-0.1, -0.05) is 28.8 Å². The van der Waals surface area contributed by atoms with Gasteiger partial charge in [0.2, 0.25) is 0 Å². The van der Waals surface area contributed by atoms with Gasteiger partial charge in [-0.25, -0.2) is 0 Å². The molecule has 0 aliphatic rings. The maximum absolute atomic E-state index is 11.4. The number of rotatable bonds is 4. The largest absolute Gasteiger partial charge is 0.482 e. The molecular formula is C9H8ClN5O2. The number of halogens is 1. The average molecular weight is 254 g/mol. The summed E-state index contributed by atoms with van der Waals surface area (Å²) in [6.45, 7) is -0.182. The molecule has 0 bridgehead atoms. The summed E-state index contributed by atoms with van der Waals surface area (Å²) in [6, 6.07) is 6.88. The van der Waals surface area contributed by atoms with Crippen LogP contribution in [-0.4, -0.2) is 33.1 Å². The molecule has 0 aliphatic heterocycles. The van der Waals surface area contributed by atoms with E-state index in [1.807, 2.05) is 0 Å². The molecule has 0 unspecified atom stereocenters. The van der Waals surface area contributed by atoms with E-state index in [4.69, 9.17) is 16.3 Å². The summed E-state index contributed by atoms with van der Waals surface area (Å²) >= 11 is 5.85. The van der Waals surface area contributed by atoms with Crippen molar-refractivity contribution in [2.45, 2.75) is 0 Å². The van der Waals surface area contributed by atoms with Gasteiger partial charge < -0.3 is 4.74 Å². The van der Waals surface area contributed by atoms with Gasteiger partial charge in [0.25, 0.3) is 11.9 Å². The Morgan fingerprint density at radius 2 is 2.29 bits per heavy atom. The highest BCUT2D eigenvalue weighted by molar-refractivity contribution is 6.32. The Morgan fingerprint density at radius 1 is 1.47 bits per heavy atom. The third kappa shape index (κ3) is 3.15. The predicted octanol–water partition coefficient (Wildman–Crippen LogP) is 0.871. The summed E-state index contributed by atoms with van der Waals surface area (Å²) in [4.78, 5) is 11.4. The molecule has 0 atom stereocenters. The van der Waals surface area contributed by atoms with Crippen molar-refractivity contribution in [1.29, 1.82) is 0 Å². The first-order chi connectivity index (χ1) is 8.25. The van der Waals surface area contributed by atoms with Crippen LogP contribution in [0.4, 0.5) is 5.95 Å². The summed E-state index contributed by atoms with van der Waals surface area (Å²) in [6.07, 6.45) is 0. The van der Waals surface area contributed by atoms with E-state index < -0.39 is 5.91 Å². The fourth-order valence-corrected chi connectivity index (χ4v) is 1.27. The monoisotopic (exact) mass is 253 g/mol. The zero-order chi connectivity index (χ0) is 12.1. The summed E-state index contributed by atoms with van der Waals surface area (Å²) in [7, 11) is 0. The van der Waals surface area contributed by atoms with Crippen molar-refractivity contribution in [2.75, 3.05) is 11.9 Å². The Labute approximate surface area is 101 Å². The van der Waals surface area contributed by atoms with Gasteiger partial charge in [-0.2, -0.15) is 5.21 Å².